The topological polar surface area (TPSA) is 45.2 Å². The fourth-order valence-corrected chi connectivity index (χ4v) is 4.04. The third-order valence-corrected chi connectivity index (χ3v) is 5.51. The average molecular weight is 321 g/mol. The molecule has 1 aliphatic rings. The maximum Gasteiger partial charge on any atom is 0.236 e. The molecule has 4 nitrogen and oxygen atoms in total. The molecule has 6 heteroatoms. The van der Waals surface area contributed by atoms with Crippen LogP contribution in [0.15, 0.2) is 16.8 Å². The third-order valence-electron chi connectivity index (χ3n) is 3.66. The number of amides is 1. The first-order chi connectivity index (χ1) is 10.2. The summed E-state index contributed by atoms with van der Waals surface area (Å²) in [6.07, 6.45) is 1.88. The van der Waals surface area contributed by atoms with Crippen molar-refractivity contribution in [3.8, 4) is 0 Å². The van der Waals surface area contributed by atoms with Crippen molar-refractivity contribution in [2.24, 2.45) is 0 Å². The molecule has 0 aromatic carbocycles. The molecule has 3 rings (SSSR count). The maximum atomic E-state index is 12.2. The number of thiazole rings is 1. The molecule has 2 aromatic rings. The van der Waals surface area contributed by atoms with Gasteiger partial charge < -0.3 is 10.2 Å². The lowest BCUT2D eigenvalue weighted by atomic mass is 10.1. The predicted molar refractivity (Wildman–Crippen MR) is 86.9 cm³/mol. The standard InChI is InChI=1S/C15H19N3OS2/c1-11-17-13(10-21-11)2-5-16-8-15(19)18-6-3-14-12(9-18)4-7-20-14/h4,7,10,16H,2-3,5-6,8-9H2,1H3. The van der Waals surface area contributed by atoms with Crippen molar-refractivity contribution in [2.75, 3.05) is 19.6 Å². The van der Waals surface area contributed by atoms with Gasteiger partial charge >= 0.3 is 0 Å². The monoisotopic (exact) mass is 321 g/mol. The zero-order valence-corrected chi connectivity index (χ0v) is 13.7. The van der Waals surface area contributed by atoms with Crippen molar-refractivity contribution in [3.63, 3.8) is 0 Å². The second kappa shape index (κ2) is 6.68. The summed E-state index contributed by atoms with van der Waals surface area (Å²) in [5.41, 5.74) is 2.43. The summed E-state index contributed by atoms with van der Waals surface area (Å²) in [6, 6.07) is 2.14. The number of aryl methyl sites for hydroxylation is 1. The Morgan fingerprint density at radius 3 is 3.19 bits per heavy atom. The molecular weight excluding hydrogens is 302 g/mol. The minimum absolute atomic E-state index is 0.196. The van der Waals surface area contributed by atoms with Crippen LogP contribution in [0.2, 0.25) is 0 Å². The molecule has 21 heavy (non-hydrogen) atoms. The third kappa shape index (κ3) is 3.70. The molecule has 0 unspecified atom stereocenters. The fourth-order valence-electron chi connectivity index (χ4n) is 2.51. The van der Waals surface area contributed by atoms with Crippen LogP contribution in [0.5, 0.6) is 0 Å². The number of nitrogens with one attached hydrogen (secondary N) is 1. The Hall–Kier alpha value is -1.24. The number of thiophene rings is 1. The first kappa shape index (κ1) is 14.7. The molecule has 3 heterocycles. The summed E-state index contributed by atoms with van der Waals surface area (Å²) in [5, 5.41) is 8.53. The number of carbonyl (C=O) groups excluding carboxylic acids is 1. The SMILES string of the molecule is Cc1nc(CCNCC(=O)N2CCc3sccc3C2)cs1. The van der Waals surface area contributed by atoms with E-state index in [1.54, 1.807) is 22.7 Å². The lowest BCUT2D eigenvalue weighted by molar-refractivity contribution is -0.131. The van der Waals surface area contributed by atoms with Crippen LogP contribution in [0.1, 0.15) is 21.1 Å². The smallest absolute Gasteiger partial charge is 0.236 e. The van der Waals surface area contributed by atoms with E-state index < -0.39 is 0 Å². The molecule has 2 aromatic heterocycles. The van der Waals surface area contributed by atoms with Crippen LogP contribution >= 0.6 is 22.7 Å². The molecule has 0 bridgehead atoms. The highest BCUT2D eigenvalue weighted by molar-refractivity contribution is 7.10. The van der Waals surface area contributed by atoms with Crippen molar-refractivity contribution in [3.05, 3.63) is 38.0 Å². The maximum absolute atomic E-state index is 12.2. The Kier molecular flexibility index (Phi) is 4.67. The first-order valence-electron chi connectivity index (χ1n) is 7.17. The number of aromatic nitrogens is 1. The van der Waals surface area contributed by atoms with E-state index in [-0.39, 0.29) is 5.91 Å². The summed E-state index contributed by atoms with van der Waals surface area (Å²) in [5.74, 6) is 0.196. The van der Waals surface area contributed by atoms with E-state index in [4.69, 9.17) is 0 Å². The van der Waals surface area contributed by atoms with E-state index >= 15 is 0 Å². The molecular formula is C15H19N3OS2. The van der Waals surface area contributed by atoms with Gasteiger partial charge in [0.2, 0.25) is 5.91 Å². The van der Waals surface area contributed by atoms with Crippen LogP contribution in [0.4, 0.5) is 0 Å². The van der Waals surface area contributed by atoms with Crippen LogP contribution < -0.4 is 5.32 Å². The molecule has 1 N–H and O–H groups in total. The lowest BCUT2D eigenvalue weighted by Gasteiger charge is -2.27. The van der Waals surface area contributed by atoms with E-state index in [0.29, 0.717) is 6.54 Å². The van der Waals surface area contributed by atoms with E-state index in [1.807, 2.05) is 11.8 Å². The highest BCUT2D eigenvalue weighted by atomic mass is 32.1. The first-order valence-corrected chi connectivity index (χ1v) is 8.93. The Morgan fingerprint density at radius 1 is 1.48 bits per heavy atom. The van der Waals surface area contributed by atoms with Crippen molar-refractivity contribution in [1.82, 2.24) is 15.2 Å². The van der Waals surface area contributed by atoms with Gasteiger partial charge in [-0.3, -0.25) is 4.79 Å². The van der Waals surface area contributed by atoms with Crippen molar-refractivity contribution >= 4 is 28.6 Å². The number of nitrogens with zero attached hydrogens (tertiary/aromatic N) is 2. The largest absolute Gasteiger partial charge is 0.337 e. The molecule has 0 aliphatic carbocycles. The Labute approximate surface area is 132 Å². The Morgan fingerprint density at radius 2 is 2.38 bits per heavy atom. The van der Waals surface area contributed by atoms with Gasteiger partial charge in [0, 0.05) is 36.3 Å². The highest BCUT2D eigenvalue weighted by Gasteiger charge is 2.20. The minimum Gasteiger partial charge on any atom is -0.337 e. The van der Waals surface area contributed by atoms with Crippen LogP contribution in [0, 0.1) is 6.92 Å². The van der Waals surface area contributed by atoms with Gasteiger partial charge in [0.05, 0.1) is 17.2 Å². The minimum atomic E-state index is 0.196. The number of rotatable bonds is 5. The van der Waals surface area contributed by atoms with E-state index in [2.05, 4.69) is 27.1 Å². The van der Waals surface area contributed by atoms with Crippen molar-refractivity contribution in [2.45, 2.75) is 26.3 Å². The second-order valence-corrected chi connectivity index (χ2v) is 7.28. The van der Waals surface area contributed by atoms with Gasteiger partial charge in [-0.2, -0.15) is 0 Å². The molecule has 0 spiro atoms. The summed E-state index contributed by atoms with van der Waals surface area (Å²) < 4.78 is 0. The van der Waals surface area contributed by atoms with Gasteiger partial charge in [0.1, 0.15) is 0 Å². The molecule has 1 aliphatic heterocycles. The highest BCUT2D eigenvalue weighted by Crippen LogP contribution is 2.23. The van der Waals surface area contributed by atoms with Crippen LogP contribution in [-0.2, 0) is 24.2 Å². The fraction of sp³-hybridized carbons (Fsp3) is 0.467. The average Bonchev–Trinajstić information content (AvgIpc) is 3.11. The normalized spacial score (nSPS) is 14.2. The number of hydrogen-bond donors (Lipinski definition) is 1. The van der Waals surface area contributed by atoms with Crippen molar-refractivity contribution in [1.29, 1.82) is 0 Å². The van der Waals surface area contributed by atoms with Crippen LogP contribution in [-0.4, -0.2) is 35.4 Å². The quantitative estimate of drug-likeness (QED) is 0.859. The van der Waals surface area contributed by atoms with Gasteiger partial charge in [-0.1, -0.05) is 0 Å². The lowest BCUT2D eigenvalue weighted by Crippen LogP contribution is -2.41. The summed E-state index contributed by atoms with van der Waals surface area (Å²) in [6.45, 7) is 4.85. The van der Waals surface area contributed by atoms with Crippen molar-refractivity contribution < 1.29 is 4.79 Å². The van der Waals surface area contributed by atoms with Gasteiger partial charge in [0.25, 0.3) is 0 Å². The molecule has 0 fully saturated rings. The summed E-state index contributed by atoms with van der Waals surface area (Å²) in [4.78, 5) is 20.0. The van der Waals surface area contributed by atoms with Crippen LogP contribution in [0.25, 0.3) is 0 Å². The van der Waals surface area contributed by atoms with Crippen LogP contribution in [0.3, 0.4) is 0 Å². The Bertz CT molecular complexity index is 620. The molecule has 1 amide bonds. The van der Waals surface area contributed by atoms with Gasteiger partial charge in [-0.15, -0.1) is 22.7 Å². The number of carbonyl (C=O) groups is 1. The summed E-state index contributed by atoms with van der Waals surface area (Å²) in [7, 11) is 0. The molecule has 112 valence electrons. The molecule has 0 saturated carbocycles. The molecule has 0 atom stereocenters. The van der Waals surface area contributed by atoms with Gasteiger partial charge in [-0.25, -0.2) is 4.98 Å². The van der Waals surface area contributed by atoms with E-state index in [1.165, 1.54) is 10.4 Å². The van der Waals surface area contributed by atoms with E-state index in [0.717, 1.165) is 43.2 Å². The van der Waals surface area contributed by atoms with Gasteiger partial charge in [-0.05, 0) is 30.4 Å². The zero-order valence-electron chi connectivity index (χ0n) is 12.1. The molecule has 0 radical (unpaired) electrons. The number of hydrogen-bond acceptors (Lipinski definition) is 5. The Balaban J connectivity index is 1.41. The summed E-state index contributed by atoms with van der Waals surface area (Å²) >= 11 is 3.47. The van der Waals surface area contributed by atoms with Gasteiger partial charge in [0.15, 0.2) is 0 Å². The molecule has 0 saturated heterocycles. The second-order valence-electron chi connectivity index (χ2n) is 5.22. The predicted octanol–water partition coefficient (Wildman–Crippen LogP) is 2.23. The zero-order chi connectivity index (χ0) is 14.7. The van der Waals surface area contributed by atoms with E-state index in [9.17, 15) is 4.79 Å². The number of fused-ring (bicyclic) bond motifs is 1.